The molecule has 1 aromatic rings. The highest BCUT2D eigenvalue weighted by Gasteiger charge is 2.04. The lowest BCUT2D eigenvalue weighted by Gasteiger charge is -2.03. The van der Waals surface area contributed by atoms with Gasteiger partial charge in [0.1, 0.15) is 0 Å². The van der Waals surface area contributed by atoms with Crippen molar-refractivity contribution in [3.8, 4) is 0 Å². The first-order valence-corrected chi connectivity index (χ1v) is 6.54. The summed E-state index contributed by atoms with van der Waals surface area (Å²) in [5.74, 6) is -0.344. The number of halogens is 2. The Morgan fingerprint density at radius 3 is 2.39 bits per heavy atom. The Morgan fingerprint density at radius 2 is 2.00 bits per heavy atom. The van der Waals surface area contributed by atoms with Crippen LogP contribution in [0.25, 0.3) is 0 Å². The van der Waals surface area contributed by atoms with Crippen molar-refractivity contribution in [2.24, 2.45) is 5.92 Å². The Bertz CT molecular complexity index is 383. The van der Waals surface area contributed by atoms with Crippen molar-refractivity contribution in [2.75, 3.05) is 5.73 Å². The van der Waals surface area contributed by atoms with E-state index in [1.165, 1.54) is 0 Å². The van der Waals surface area contributed by atoms with Crippen molar-refractivity contribution in [2.45, 2.75) is 33.1 Å². The first-order chi connectivity index (χ1) is 8.36. The van der Waals surface area contributed by atoms with Crippen LogP contribution in [-0.4, -0.2) is 11.1 Å². The average molecular weight is 292 g/mol. The van der Waals surface area contributed by atoms with Gasteiger partial charge >= 0.3 is 5.97 Å². The third-order valence-corrected chi connectivity index (χ3v) is 2.99. The fourth-order valence-electron chi connectivity index (χ4n) is 1.41. The molecule has 0 saturated heterocycles. The monoisotopic (exact) mass is 291 g/mol. The number of nitrogens with two attached hydrogens (primary N) is 1. The first kappa shape index (κ1) is 17.1. The summed E-state index contributed by atoms with van der Waals surface area (Å²) in [6.45, 7) is 4.04. The molecule has 0 amide bonds. The molecule has 0 aliphatic rings. The van der Waals surface area contributed by atoms with Gasteiger partial charge in [-0.25, -0.2) is 0 Å². The van der Waals surface area contributed by atoms with E-state index in [1.807, 2.05) is 6.92 Å². The molecule has 0 aromatic heterocycles. The number of carboxylic acid groups (broad SMARTS) is 1. The van der Waals surface area contributed by atoms with E-state index in [1.54, 1.807) is 18.2 Å². The number of rotatable bonds is 4. The van der Waals surface area contributed by atoms with Crippen LogP contribution in [0.15, 0.2) is 18.2 Å². The molecular formula is C13H19Cl2NO2. The molecule has 1 aromatic carbocycles. The van der Waals surface area contributed by atoms with Crippen LogP contribution in [0.2, 0.25) is 10.0 Å². The van der Waals surface area contributed by atoms with Gasteiger partial charge in [0, 0.05) is 12.1 Å². The lowest BCUT2D eigenvalue weighted by molar-refractivity contribution is -0.138. The lowest BCUT2D eigenvalue weighted by atomic mass is 10.0. The maximum atomic E-state index is 10.1. The van der Waals surface area contributed by atoms with Crippen molar-refractivity contribution in [3.63, 3.8) is 0 Å². The molecule has 1 atom stereocenters. The summed E-state index contributed by atoms with van der Waals surface area (Å²) < 4.78 is 0. The van der Waals surface area contributed by atoms with Crippen LogP contribution in [-0.2, 0) is 4.79 Å². The molecule has 1 unspecified atom stereocenters. The summed E-state index contributed by atoms with van der Waals surface area (Å²) >= 11 is 11.2. The van der Waals surface area contributed by atoms with Gasteiger partial charge in [-0.15, -0.1) is 0 Å². The predicted molar refractivity (Wildman–Crippen MR) is 77.2 cm³/mol. The number of nitrogen functional groups attached to an aromatic ring is 1. The van der Waals surface area contributed by atoms with E-state index in [4.69, 9.17) is 34.0 Å². The van der Waals surface area contributed by atoms with E-state index in [0.29, 0.717) is 28.1 Å². The molecule has 102 valence electrons. The first-order valence-electron chi connectivity index (χ1n) is 5.79. The van der Waals surface area contributed by atoms with Gasteiger partial charge in [-0.1, -0.05) is 49.9 Å². The molecule has 0 radical (unpaired) electrons. The zero-order valence-electron chi connectivity index (χ0n) is 10.6. The number of carbonyl (C=O) groups is 1. The summed E-state index contributed by atoms with van der Waals surface area (Å²) in [5, 5.41) is 9.34. The van der Waals surface area contributed by atoms with Crippen LogP contribution >= 0.6 is 23.2 Å². The van der Waals surface area contributed by atoms with Crippen LogP contribution in [0.1, 0.15) is 33.1 Å². The SMILES string of the molecule is CCCC(C)CC(=O)O.Nc1ccc(Cl)c(Cl)c1. The second-order valence-corrected chi connectivity index (χ2v) is 4.98. The van der Waals surface area contributed by atoms with Crippen LogP contribution in [0.3, 0.4) is 0 Å². The third kappa shape index (κ3) is 8.20. The number of hydrogen-bond donors (Lipinski definition) is 2. The molecule has 0 heterocycles. The summed E-state index contributed by atoms with van der Waals surface area (Å²) in [7, 11) is 0. The van der Waals surface area contributed by atoms with Crippen LogP contribution < -0.4 is 5.73 Å². The van der Waals surface area contributed by atoms with E-state index < -0.39 is 5.97 Å². The van der Waals surface area contributed by atoms with Crippen LogP contribution in [0.4, 0.5) is 5.69 Å². The van der Waals surface area contributed by atoms with E-state index in [0.717, 1.165) is 12.8 Å². The van der Waals surface area contributed by atoms with Gasteiger partial charge < -0.3 is 10.8 Å². The Labute approximate surface area is 118 Å². The van der Waals surface area contributed by atoms with Gasteiger partial charge in [-0.3, -0.25) is 4.79 Å². The van der Waals surface area contributed by atoms with Crippen molar-refractivity contribution in [1.82, 2.24) is 0 Å². The molecule has 5 heteroatoms. The summed E-state index contributed by atoms with van der Waals surface area (Å²) in [6.07, 6.45) is 2.41. The Balaban J connectivity index is 0.000000321. The Kier molecular flexibility index (Phi) is 8.59. The van der Waals surface area contributed by atoms with Gasteiger partial charge in [0.15, 0.2) is 0 Å². The van der Waals surface area contributed by atoms with E-state index in [-0.39, 0.29) is 0 Å². The minimum absolute atomic E-state index is 0.313. The van der Waals surface area contributed by atoms with Crippen molar-refractivity contribution < 1.29 is 9.90 Å². The molecule has 0 spiro atoms. The minimum Gasteiger partial charge on any atom is -0.481 e. The van der Waals surface area contributed by atoms with E-state index in [2.05, 4.69) is 6.92 Å². The van der Waals surface area contributed by atoms with Gasteiger partial charge in [0.05, 0.1) is 10.0 Å². The van der Waals surface area contributed by atoms with Crippen molar-refractivity contribution in [1.29, 1.82) is 0 Å². The van der Waals surface area contributed by atoms with Crippen LogP contribution in [0, 0.1) is 5.92 Å². The molecule has 0 fully saturated rings. The third-order valence-electron chi connectivity index (χ3n) is 2.25. The average Bonchev–Trinajstić information content (AvgIpc) is 2.24. The van der Waals surface area contributed by atoms with Crippen molar-refractivity contribution >= 4 is 34.9 Å². The lowest BCUT2D eigenvalue weighted by Crippen LogP contribution is -2.03. The Morgan fingerprint density at radius 1 is 1.39 bits per heavy atom. The fourth-order valence-corrected chi connectivity index (χ4v) is 1.71. The zero-order valence-corrected chi connectivity index (χ0v) is 12.1. The Hall–Kier alpha value is -0.930. The number of hydrogen-bond acceptors (Lipinski definition) is 2. The number of anilines is 1. The van der Waals surface area contributed by atoms with E-state index >= 15 is 0 Å². The molecule has 1 rings (SSSR count). The topological polar surface area (TPSA) is 63.3 Å². The molecule has 3 nitrogen and oxygen atoms in total. The highest BCUT2D eigenvalue weighted by atomic mass is 35.5. The second kappa shape index (κ2) is 9.06. The number of benzene rings is 1. The molecular weight excluding hydrogens is 273 g/mol. The molecule has 0 saturated carbocycles. The van der Waals surface area contributed by atoms with Crippen LogP contribution in [0.5, 0.6) is 0 Å². The zero-order chi connectivity index (χ0) is 14.1. The van der Waals surface area contributed by atoms with Gasteiger partial charge in [-0.2, -0.15) is 0 Å². The highest BCUT2D eigenvalue weighted by Crippen LogP contribution is 2.23. The maximum Gasteiger partial charge on any atom is 0.303 e. The standard InChI is InChI=1S/C7H14O2.C6H5Cl2N/c1-3-4-6(2)5-7(8)9;7-5-2-1-4(9)3-6(5)8/h6H,3-5H2,1-2H3,(H,8,9);1-3H,9H2. The van der Waals surface area contributed by atoms with Gasteiger partial charge in [0.25, 0.3) is 0 Å². The fraction of sp³-hybridized carbons (Fsp3) is 0.462. The normalized spacial score (nSPS) is 11.3. The minimum atomic E-state index is -0.684. The molecule has 0 aliphatic carbocycles. The largest absolute Gasteiger partial charge is 0.481 e. The second-order valence-electron chi connectivity index (χ2n) is 4.17. The molecule has 18 heavy (non-hydrogen) atoms. The smallest absolute Gasteiger partial charge is 0.303 e. The summed E-state index contributed by atoms with van der Waals surface area (Å²) in [6, 6.07) is 4.98. The quantitative estimate of drug-likeness (QED) is 0.804. The highest BCUT2D eigenvalue weighted by molar-refractivity contribution is 6.42. The summed E-state index contributed by atoms with van der Waals surface area (Å²) in [4.78, 5) is 10.1. The molecule has 3 N–H and O–H groups in total. The van der Waals surface area contributed by atoms with Gasteiger partial charge in [0.2, 0.25) is 0 Å². The van der Waals surface area contributed by atoms with E-state index in [9.17, 15) is 4.79 Å². The molecule has 0 bridgehead atoms. The number of aliphatic carboxylic acids is 1. The van der Waals surface area contributed by atoms with Crippen molar-refractivity contribution in [3.05, 3.63) is 28.2 Å². The predicted octanol–water partition coefficient (Wildman–Crippen LogP) is 4.47. The molecule has 0 aliphatic heterocycles. The maximum absolute atomic E-state index is 10.1. The van der Waals surface area contributed by atoms with Gasteiger partial charge in [-0.05, 0) is 24.1 Å². The number of carboxylic acids is 1. The summed E-state index contributed by atoms with van der Waals surface area (Å²) in [5.41, 5.74) is 6.01.